The van der Waals surface area contributed by atoms with Crippen molar-refractivity contribution in [2.24, 2.45) is 0 Å². The van der Waals surface area contributed by atoms with Gasteiger partial charge < -0.3 is 9.88 Å². The van der Waals surface area contributed by atoms with Gasteiger partial charge in [0.2, 0.25) is 0 Å². The number of carbonyl (C=O) groups excluding carboxylic acids is 1. The summed E-state index contributed by atoms with van der Waals surface area (Å²) in [5, 5.41) is 13.3. The smallest absolute Gasteiger partial charge is 0.270 e. The molecule has 1 heterocycles. The van der Waals surface area contributed by atoms with Crippen molar-refractivity contribution in [1.82, 2.24) is 4.57 Å². The third kappa shape index (κ3) is 3.33. The average Bonchev–Trinajstić information content (AvgIpc) is 2.49. The number of anilines is 1. The molecule has 7 heteroatoms. The highest BCUT2D eigenvalue weighted by atomic mass is 16.6. The number of aromatic nitrogens is 1. The van der Waals surface area contributed by atoms with Gasteiger partial charge in [-0.1, -0.05) is 6.07 Å². The number of rotatable bonds is 4. The number of nitrogens with zero attached hydrogens (tertiary/aromatic N) is 2. The lowest BCUT2D eigenvalue weighted by Crippen LogP contribution is -2.19. The molecule has 2 aromatic rings. The van der Waals surface area contributed by atoms with E-state index in [0.717, 1.165) is 0 Å². The molecule has 0 atom stereocenters. The fraction of sp³-hybridized carbons (Fsp3) is 0.143. The fourth-order valence-corrected chi connectivity index (χ4v) is 1.82. The maximum atomic E-state index is 12.1. The number of pyridine rings is 1. The predicted molar refractivity (Wildman–Crippen MR) is 77.4 cm³/mol. The van der Waals surface area contributed by atoms with Crippen LogP contribution in [0, 0.1) is 10.1 Å². The van der Waals surface area contributed by atoms with Crippen molar-refractivity contribution in [2.75, 3.05) is 5.32 Å². The van der Waals surface area contributed by atoms with Crippen LogP contribution in [0.15, 0.2) is 47.4 Å². The summed E-state index contributed by atoms with van der Waals surface area (Å²) in [6.45, 7) is 2.30. The second-order valence-electron chi connectivity index (χ2n) is 4.30. The van der Waals surface area contributed by atoms with Crippen molar-refractivity contribution in [1.29, 1.82) is 0 Å². The van der Waals surface area contributed by atoms with Gasteiger partial charge in [0.25, 0.3) is 17.2 Å². The topological polar surface area (TPSA) is 94.2 Å². The molecule has 1 aromatic carbocycles. The number of amides is 1. The molecular formula is C14H13N3O4. The van der Waals surface area contributed by atoms with Crippen LogP contribution < -0.4 is 10.9 Å². The molecule has 0 aliphatic heterocycles. The van der Waals surface area contributed by atoms with Crippen molar-refractivity contribution in [3.05, 3.63) is 68.6 Å². The minimum Gasteiger partial charge on any atom is -0.321 e. The Bertz CT molecular complexity index is 752. The summed E-state index contributed by atoms with van der Waals surface area (Å²) >= 11 is 0. The van der Waals surface area contributed by atoms with E-state index in [4.69, 9.17) is 0 Å². The summed E-state index contributed by atoms with van der Waals surface area (Å²) in [6.07, 6.45) is 1.53. The number of nitro groups is 1. The Labute approximate surface area is 120 Å². The minimum atomic E-state index is -0.561. The molecule has 2 rings (SSSR count). The van der Waals surface area contributed by atoms with Crippen molar-refractivity contribution >= 4 is 17.3 Å². The van der Waals surface area contributed by atoms with Crippen LogP contribution >= 0.6 is 0 Å². The van der Waals surface area contributed by atoms with Gasteiger partial charge in [0.1, 0.15) is 0 Å². The van der Waals surface area contributed by atoms with E-state index in [1.54, 1.807) is 0 Å². The van der Waals surface area contributed by atoms with Crippen molar-refractivity contribution < 1.29 is 9.72 Å². The Morgan fingerprint density at radius 1 is 1.33 bits per heavy atom. The zero-order valence-corrected chi connectivity index (χ0v) is 11.3. The second kappa shape index (κ2) is 6.00. The molecule has 0 aliphatic carbocycles. The molecule has 1 N–H and O–H groups in total. The summed E-state index contributed by atoms with van der Waals surface area (Å²) in [5.74, 6) is -0.472. The summed E-state index contributed by atoms with van der Waals surface area (Å²) in [6, 6.07) is 8.29. The SMILES string of the molecule is CCn1cc(NC(=O)c2cccc([N+](=O)[O-])c2)ccc1=O. The van der Waals surface area contributed by atoms with Crippen LogP contribution in [0.2, 0.25) is 0 Å². The predicted octanol–water partition coefficient (Wildman–Crippen LogP) is 2.03. The van der Waals surface area contributed by atoms with Gasteiger partial charge in [-0.3, -0.25) is 19.7 Å². The molecule has 0 fully saturated rings. The van der Waals surface area contributed by atoms with Gasteiger partial charge in [0, 0.05) is 36.5 Å². The Kier molecular flexibility index (Phi) is 4.13. The van der Waals surface area contributed by atoms with Gasteiger partial charge in [-0.2, -0.15) is 0 Å². The number of carbonyl (C=O) groups is 1. The largest absolute Gasteiger partial charge is 0.321 e. The summed E-state index contributed by atoms with van der Waals surface area (Å²) < 4.78 is 1.45. The van der Waals surface area contributed by atoms with Crippen LogP contribution in [0.4, 0.5) is 11.4 Å². The van der Waals surface area contributed by atoms with Crippen molar-refractivity contribution in [3.8, 4) is 0 Å². The molecule has 0 saturated heterocycles. The van der Waals surface area contributed by atoms with Gasteiger partial charge in [0.15, 0.2) is 0 Å². The molecule has 1 aromatic heterocycles. The molecule has 0 unspecified atom stereocenters. The quantitative estimate of drug-likeness (QED) is 0.687. The summed E-state index contributed by atoms with van der Waals surface area (Å²) in [4.78, 5) is 33.6. The van der Waals surface area contributed by atoms with Crippen molar-refractivity contribution in [2.45, 2.75) is 13.5 Å². The second-order valence-corrected chi connectivity index (χ2v) is 4.30. The molecule has 7 nitrogen and oxygen atoms in total. The first-order valence-electron chi connectivity index (χ1n) is 6.27. The van der Waals surface area contributed by atoms with Gasteiger partial charge >= 0.3 is 0 Å². The minimum absolute atomic E-state index is 0.152. The lowest BCUT2D eigenvalue weighted by Gasteiger charge is -2.07. The third-order valence-electron chi connectivity index (χ3n) is 2.90. The third-order valence-corrected chi connectivity index (χ3v) is 2.90. The van der Waals surface area contributed by atoms with E-state index in [-0.39, 0.29) is 16.8 Å². The van der Waals surface area contributed by atoms with Crippen LogP contribution in [0.3, 0.4) is 0 Å². The van der Waals surface area contributed by atoms with E-state index in [2.05, 4.69) is 5.32 Å². The van der Waals surface area contributed by atoms with Crippen LogP contribution in [0.1, 0.15) is 17.3 Å². The first kappa shape index (κ1) is 14.4. The molecule has 0 radical (unpaired) electrons. The Morgan fingerprint density at radius 3 is 2.76 bits per heavy atom. The Balaban J connectivity index is 2.23. The molecule has 1 amide bonds. The highest BCUT2D eigenvalue weighted by molar-refractivity contribution is 6.04. The maximum absolute atomic E-state index is 12.1. The monoisotopic (exact) mass is 287 g/mol. The van der Waals surface area contributed by atoms with Crippen LogP contribution in [-0.4, -0.2) is 15.4 Å². The molecule has 0 bridgehead atoms. The number of nitro benzene ring substituents is 1. The summed E-state index contributed by atoms with van der Waals surface area (Å²) in [5.41, 5.74) is 0.318. The van der Waals surface area contributed by atoms with E-state index in [1.807, 2.05) is 6.92 Å². The van der Waals surface area contributed by atoms with E-state index in [1.165, 1.54) is 47.2 Å². The van der Waals surface area contributed by atoms with E-state index in [0.29, 0.717) is 12.2 Å². The van der Waals surface area contributed by atoms with E-state index < -0.39 is 10.8 Å². The Hall–Kier alpha value is -2.96. The van der Waals surface area contributed by atoms with E-state index >= 15 is 0 Å². The summed E-state index contributed by atoms with van der Waals surface area (Å²) in [7, 11) is 0. The molecule has 0 aliphatic rings. The zero-order valence-electron chi connectivity index (χ0n) is 11.3. The number of hydrogen-bond acceptors (Lipinski definition) is 4. The fourth-order valence-electron chi connectivity index (χ4n) is 1.82. The highest BCUT2D eigenvalue weighted by Crippen LogP contribution is 2.14. The first-order valence-corrected chi connectivity index (χ1v) is 6.27. The number of benzene rings is 1. The number of aryl methyl sites for hydroxylation is 1. The number of nitrogens with one attached hydrogen (secondary N) is 1. The zero-order chi connectivity index (χ0) is 15.4. The van der Waals surface area contributed by atoms with Gasteiger partial charge in [-0.05, 0) is 19.1 Å². The van der Waals surface area contributed by atoms with Crippen molar-refractivity contribution in [3.63, 3.8) is 0 Å². The first-order chi connectivity index (χ1) is 10.0. The lowest BCUT2D eigenvalue weighted by molar-refractivity contribution is -0.384. The normalized spacial score (nSPS) is 10.1. The van der Waals surface area contributed by atoms with Crippen LogP contribution in [0.5, 0.6) is 0 Å². The highest BCUT2D eigenvalue weighted by Gasteiger charge is 2.11. The van der Waals surface area contributed by atoms with Gasteiger partial charge in [-0.25, -0.2) is 0 Å². The van der Waals surface area contributed by atoms with Gasteiger partial charge in [0.05, 0.1) is 10.6 Å². The Morgan fingerprint density at radius 2 is 2.10 bits per heavy atom. The number of non-ortho nitro benzene ring substituents is 1. The van der Waals surface area contributed by atoms with Gasteiger partial charge in [-0.15, -0.1) is 0 Å². The van der Waals surface area contributed by atoms with Crippen LogP contribution in [-0.2, 0) is 6.54 Å². The number of hydrogen-bond donors (Lipinski definition) is 1. The van der Waals surface area contributed by atoms with E-state index in [9.17, 15) is 19.7 Å². The average molecular weight is 287 g/mol. The molecule has 0 saturated carbocycles. The molecular weight excluding hydrogens is 274 g/mol. The molecule has 21 heavy (non-hydrogen) atoms. The van der Waals surface area contributed by atoms with Crippen LogP contribution in [0.25, 0.3) is 0 Å². The molecule has 0 spiro atoms. The lowest BCUT2D eigenvalue weighted by atomic mass is 10.2. The molecule has 108 valence electrons. The maximum Gasteiger partial charge on any atom is 0.270 e. The standard InChI is InChI=1S/C14H13N3O4/c1-2-16-9-11(6-7-13(16)18)15-14(19)10-4-3-5-12(8-10)17(20)21/h3-9H,2H2,1H3,(H,15,19).